The van der Waals surface area contributed by atoms with Crippen molar-refractivity contribution in [3.63, 3.8) is 0 Å². The fourth-order valence-corrected chi connectivity index (χ4v) is 3.66. The third-order valence-electron chi connectivity index (χ3n) is 5.32. The summed E-state index contributed by atoms with van der Waals surface area (Å²) in [5, 5.41) is 4.77. The van der Waals surface area contributed by atoms with E-state index in [1.165, 1.54) is 0 Å². The maximum absolute atomic E-state index is 12.6. The topological polar surface area (TPSA) is 74.9 Å². The molecule has 150 valence electrons. The Balaban J connectivity index is 1.34. The Hall–Kier alpha value is -2.16. The molecular formula is C19H24ClN5O3. The van der Waals surface area contributed by atoms with Crippen LogP contribution in [-0.4, -0.2) is 83.4 Å². The molecule has 1 atom stereocenters. The average Bonchev–Trinajstić information content (AvgIpc) is 3.24. The standard InChI is InChI=1S/C19H24ClN5O3/c1-14(18-21-17(22-28-18)15-2-4-16(20)5-3-15)23-6-8-24(9-7-23)19(26)25-10-12-27-13-11-25/h2-5,14H,6-13H2,1H3. The van der Waals surface area contributed by atoms with Crippen LogP contribution in [0.5, 0.6) is 0 Å². The number of nitrogens with zero attached hydrogens (tertiary/aromatic N) is 5. The molecule has 0 bridgehead atoms. The first-order valence-electron chi connectivity index (χ1n) is 9.57. The number of hydrogen-bond donors (Lipinski definition) is 0. The van der Waals surface area contributed by atoms with E-state index in [9.17, 15) is 4.79 Å². The van der Waals surface area contributed by atoms with Gasteiger partial charge in [0.15, 0.2) is 0 Å². The number of morpholine rings is 1. The second-order valence-electron chi connectivity index (χ2n) is 7.04. The minimum atomic E-state index is -0.00538. The number of piperazine rings is 1. The van der Waals surface area contributed by atoms with Crippen molar-refractivity contribution in [2.75, 3.05) is 52.5 Å². The maximum Gasteiger partial charge on any atom is 0.320 e. The molecule has 0 aliphatic carbocycles. The van der Waals surface area contributed by atoms with E-state index in [1.54, 1.807) is 12.1 Å². The van der Waals surface area contributed by atoms with Crippen LogP contribution < -0.4 is 0 Å². The van der Waals surface area contributed by atoms with E-state index in [2.05, 4.69) is 22.0 Å². The Morgan fingerprint density at radius 2 is 1.68 bits per heavy atom. The molecule has 0 radical (unpaired) electrons. The minimum Gasteiger partial charge on any atom is -0.378 e. The summed E-state index contributed by atoms with van der Waals surface area (Å²) in [5.74, 6) is 1.14. The van der Waals surface area contributed by atoms with Crippen molar-refractivity contribution < 1.29 is 14.1 Å². The molecule has 28 heavy (non-hydrogen) atoms. The van der Waals surface area contributed by atoms with Crippen LogP contribution in [0.15, 0.2) is 28.8 Å². The highest BCUT2D eigenvalue weighted by Gasteiger charge is 2.30. The predicted molar refractivity (Wildman–Crippen MR) is 104 cm³/mol. The molecule has 2 amide bonds. The van der Waals surface area contributed by atoms with Gasteiger partial charge in [-0.25, -0.2) is 4.79 Å². The van der Waals surface area contributed by atoms with E-state index in [0.29, 0.717) is 56.1 Å². The molecule has 0 N–H and O–H groups in total. The Kier molecular flexibility index (Phi) is 5.79. The summed E-state index contributed by atoms with van der Waals surface area (Å²) in [4.78, 5) is 23.2. The van der Waals surface area contributed by atoms with Crippen molar-refractivity contribution in [3.05, 3.63) is 35.2 Å². The third kappa shape index (κ3) is 4.14. The Labute approximate surface area is 169 Å². The van der Waals surface area contributed by atoms with Crippen LogP contribution in [0.4, 0.5) is 4.79 Å². The summed E-state index contributed by atoms with van der Waals surface area (Å²) in [7, 11) is 0. The van der Waals surface area contributed by atoms with E-state index >= 15 is 0 Å². The van der Waals surface area contributed by atoms with Crippen molar-refractivity contribution in [1.29, 1.82) is 0 Å². The Bertz CT molecular complexity index is 798. The monoisotopic (exact) mass is 405 g/mol. The van der Waals surface area contributed by atoms with Crippen LogP contribution in [0.25, 0.3) is 11.4 Å². The molecule has 2 aliphatic heterocycles. The first-order chi connectivity index (χ1) is 13.6. The fourth-order valence-electron chi connectivity index (χ4n) is 3.53. The van der Waals surface area contributed by atoms with Gasteiger partial charge in [0, 0.05) is 49.9 Å². The molecule has 3 heterocycles. The van der Waals surface area contributed by atoms with Gasteiger partial charge in [-0.3, -0.25) is 4.90 Å². The van der Waals surface area contributed by atoms with Crippen LogP contribution >= 0.6 is 11.6 Å². The number of carbonyl (C=O) groups excluding carboxylic acids is 1. The SMILES string of the molecule is CC(c1nc(-c2ccc(Cl)cc2)no1)N1CCN(C(=O)N2CCOCC2)CC1. The summed E-state index contributed by atoms with van der Waals surface area (Å²) in [6.07, 6.45) is 0. The van der Waals surface area contributed by atoms with Crippen LogP contribution in [0.3, 0.4) is 0 Å². The average molecular weight is 406 g/mol. The van der Waals surface area contributed by atoms with Gasteiger partial charge in [0.25, 0.3) is 0 Å². The molecule has 1 aromatic heterocycles. The Morgan fingerprint density at radius 1 is 1.04 bits per heavy atom. The first-order valence-corrected chi connectivity index (χ1v) is 9.95. The summed E-state index contributed by atoms with van der Waals surface area (Å²) in [6, 6.07) is 7.46. The molecule has 1 unspecified atom stereocenters. The van der Waals surface area contributed by atoms with Crippen molar-refractivity contribution in [2.45, 2.75) is 13.0 Å². The number of hydrogen-bond acceptors (Lipinski definition) is 6. The van der Waals surface area contributed by atoms with Gasteiger partial charge in [-0.05, 0) is 31.2 Å². The van der Waals surface area contributed by atoms with Crippen molar-refractivity contribution in [1.82, 2.24) is 24.8 Å². The zero-order valence-electron chi connectivity index (χ0n) is 15.9. The number of benzene rings is 1. The van der Waals surface area contributed by atoms with Gasteiger partial charge in [-0.1, -0.05) is 16.8 Å². The number of urea groups is 1. The van der Waals surface area contributed by atoms with Crippen LogP contribution in [0.2, 0.25) is 5.02 Å². The molecule has 8 nitrogen and oxygen atoms in total. The molecule has 2 aliphatic rings. The van der Waals surface area contributed by atoms with Gasteiger partial charge in [-0.2, -0.15) is 4.98 Å². The zero-order chi connectivity index (χ0) is 19.5. The predicted octanol–water partition coefficient (Wildman–Crippen LogP) is 2.52. The van der Waals surface area contributed by atoms with Crippen LogP contribution in [-0.2, 0) is 4.74 Å². The Morgan fingerprint density at radius 3 is 2.36 bits per heavy atom. The largest absolute Gasteiger partial charge is 0.378 e. The lowest BCUT2D eigenvalue weighted by atomic mass is 10.2. The molecule has 2 fully saturated rings. The summed E-state index contributed by atoms with van der Waals surface area (Å²) >= 11 is 5.93. The van der Waals surface area contributed by atoms with Crippen molar-refractivity contribution in [2.24, 2.45) is 0 Å². The number of amides is 2. The van der Waals surface area contributed by atoms with E-state index in [0.717, 1.165) is 18.7 Å². The van der Waals surface area contributed by atoms with Gasteiger partial charge in [0.1, 0.15) is 0 Å². The van der Waals surface area contributed by atoms with Crippen molar-refractivity contribution >= 4 is 17.6 Å². The van der Waals surface area contributed by atoms with Gasteiger partial charge < -0.3 is 19.1 Å². The number of rotatable bonds is 3. The lowest BCUT2D eigenvalue weighted by Gasteiger charge is -2.39. The number of ether oxygens (including phenoxy) is 1. The third-order valence-corrected chi connectivity index (χ3v) is 5.57. The van der Waals surface area contributed by atoms with E-state index < -0.39 is 0 Å². The normalized spacial score (nSPS) is 19.6. The number of aromatic nitrogens is 2. The smallest absolute Gasteiger partial charge is 0.320 e. The van der Waals surface area contributed by atoms with Gasteiger partial charge in [-0.15, -0.1) is 0 Å². The molecule has 0 spiro atoms. The molecule has 4 rings (SSSR count). The van der Waals surface area contributed by atoms with E-state index in [1.807, 2.05) is 21.9 Å². The number of halogens is 1. The van der Waals surface area contributed by atoms with Gasteiger partial charge in [0.05, 0.1) is 19.3 Å². The number of carbonyl (C=O) groups is 1. The summed E-state index contributed by atoms with van der Waals surface area (Å²) < 4.78 is 10.8. The molecule has 0 saturated carbocycles. The maximum atomic E-state index is 12.6. The molecule has 1 aromatic carbocycles. The summed E-state index contributed by atoms with van der Waals surface area (Å²) in [6.45, 7) is 7.57. The van der Waals surface area contributed by atoms with Gasteiger partial charge in [0.2, 0.25) is 11.7 Å². The summed E-state index contributed by atoms with van der Waals surface area (Å²) in [5.41, 5.74) is 0.868. The van der Waals surface area contributed by atoms with E-state index in [-0.39, 0.29) is 12.1 Å². The van der Waals surface area contributed by atoms with E-state index in [4.69, 9.17) is 20.9 Å². The minimum absolute atomic E-state index is 0.00538. The zero-order valence-corrected chi connectivity index (χ0v) is 16.6. The highest BCUT2D eigenvalue weighted by Crippen LogP contribution is 2.24. The second-order valence-corrected chi connectivity index (χ2v) is 7.48. The molecule has 2 aromatic rings. The fraction of sp³-hybridized carbons (Fsp3) is 0.526. The van der Waals surface area contributed by atoms with Crippen molar-refractivity contribution in [3.8, 4) is 11.4 Å². The molecule has 2 saturated heterocycles. The second kappa shape index (κ2) is 8.46. The lowest BCUT2D eigenvalue weighted by Crippen LogP contribution is -2.55. The lowest BCUT2D eigenvalue weighted by molar-refractivity contribution is 0.0339. The highest BCUT2D eigenvalue weighted by molar-refractivity contribution is 6.30. The molecular weight excluding hydrogens is 382 g/mol. The first kappa shape index (κ1) is 19.2. The highest BCUT2D eigenvalue weighted by atomic mass is 35.5. The van der Waals surface area contributed by atoms with Gasteiger partial charge >= 0.3 is 6.03 Å². The quantitative estimate of drug-likeness (QED) is 0.781. The van der Waals surface area contributed by atoms with Crippen LogP contribution in [0, 0.1) is 0 Å². The van der Waals surface area contributed by atoms with Crippen LogP contribution in [0.1, 0.15) is 18.9 Å². The molecule has 9 heteroatoms.